The summed E-state index contributed by atoms with van der Waals surface area (Å²) in [5, 5.41) is 0. The molecule has 5 heteroatoms. The number of ether oxygens (including phenoxy) is 2. The number of carbonyl (C=O) groups excluding carboxylic acids is 1. The standard InChI is InChI=1S/C12H24N2O3/c1-9(2)6-10-7-17-5-4-14(10)12(15)11(13)8-16-3/h9-11H,4-8,13H2,1-3H3. The van der Waals surface area contributed by atoms with Gasteiger partial charge < -0.3 is 20.1 Å². The second-order valence-corrected chi connectivity index (χ2v) is 4.95. The monoisotopic (exact) mass is 244 g/mol. The Morgan fingerprint density at radius 2 is 2.29 bits per heavy atom. The van der Waals surface area contributed by atoms with Crippen LogP contribution < -0.4 is 5.73 Å². The van der Waals surface area contributed by atoms with E-state index in [-0.39, 0.29) is 18.6 Å². The molecule has 0 aromatic heterocycles. The van der Waals surface area contributed by atoms with Gasteiger partial charge in [0.1, 0.15) is 6.04 Å². The molecule has 2 atom stereocenters. The molecule has 0 aromatic carbocycles. The van der Waals surface area contributed by atoms with Crippen molar-refractivity contribution in [2.24, 2.45) is 11.7 Å². The molecular weight excluding hydrogens is 220 g/mol. The quantitative estimate of drug-likeness (QED) is 0.752. The zero-order chi connectivity index (χ0) is 12.8. The first kappa shape index (κ1) is 14.4. The molecule has 1 aliphatic rings. The summed E-state index contributed by atoms with van der Waals surface area (Å²) in [6.07, 6.45) is 0.950. The molecule has 0 saturated carbocycles. The minimum absolute atomic E-state index is 0.0270. The van der Waals surface area contributed by atoms with Gasteiger partial charge >= 0.3 is 0 Å². The molecule has 100 valence electrons. The van der Waals surface area contributed by atoms with Gasteiger partial charge in [0.25, 0.3) is 0 Å². The van der Waals surface area contributed by atoms with E-state index in [0.717, 1.165) is 6.42 Å². The summed E-state index contributed by atoms with van der Waals surface area (Å²) >= 11 is 0. The molecule has 0 spiro atoms. The van der Waals surface area contributed by atoms with Gasteiger partial charge in [-0.15, -0.1) is 0 Å². The van der Waals surface area contributed by atoms with Crippen molar-refractivity contribution >= 4 is 5.91 Å². The predicted octanol–water partition coefficient (Wildman–Crippen LogP) is 0.234. The molecule has 1 rings (SSSR count). The van der Waals surface area contributed by atoms with Gasteiger partial charge in [-0.05, 0) is 12.3 Å². The van der Waals surface area contributed by atoms with E-state index in [1.54, 1.807) is 7.11 Å². The second-order valence-electron chi connectivity index (χ2n) is 4.95. The van der Waals surface area contributed by atoms with Crippen LogP contribution in [0.1, 0.15) is 20.3 Å². The Hall–Kier alpha value is -0.650. The molecule has 0 bridgehead atoms. The van der Waals surface area contributed by atoms with Crippen LogP contribution in [0.3, 0.4) is 0 Å². The molecule has 0 aromatic rings. The summed E-state index contributed by atoms with van der Waals surface area (Å²) in [6, 6.07) is -0.410. The summed E-state index contributed by atoms with van der Waals surface area (Å²) in [6.45, 7) is 6.40. The molecule has 1 heterocycles. The molecule has 0 radical (unpaired) electrons. The first-order chi connectivity index (χ1) is 8.06. The van der Waals surface area contributed by atoms with Crippen LogP contribution in [0.15, 0.2) is 0 Å². The van der Waals surface area contributed by atoms with Crippen LogP contribution in [-0.4, -0.2) is 56.4 Å². The third-order valence-electron chi connectivity index (χ3n) is 2.92. The number of amides is 1. The van der Waals surface area contributed by atoms with Gasteiger partial charge in [-0.25, -0.2) is 0 Å². The Bertz CT molecular complexity index is 246. The van der Waals surface area contributed by atoms with E-state index in [4.69, 9.17) is 15.2 Å². The lowest BCUT2D eigenvalue weighted by molar-refractivity contribution is -0.143. The summed E-state index contributed by atoms with van der Waals surface area (Å²) in [5.41, 5.74) is 5.79. The number of nitrogens with two attached hydrogens (primary N) is 1. The predicted molar refractivity (Wildman–Crippen MR) is 65.6 cm³/mol. The van der Waals surface area contributed by atoms with Crippen LogP contribution in [0.5, 0.6) is 0 Å². The zero-order valence-corrected chi connectivity index (χ0v) is 11.0. The highest BCUT2D eigenvalue weighted by molar-refractivity contribution is 5.82. The fourth-order valence-electron chi connectivity index (χ4n) is 2.15. The normalized spacial score (nSPS) is 22.9. The number of nitrogens with zero attached hydrogens (tertiary/aromatic N) is 1. The molecule has 1 saturated heterocycles. The Morgan fingerprint density at radius 3 is 2.88 bits per heavy atom. The van der Waals surface area contributed by atoms with Crippen LogP contribution in [0.4, 0.5) is 0 Å². The van der Waals surface area contributed by atoms with E-state index in [0.29, 0.717) is 25.7 Å². The molecule has 5 nitrogen and oxygen atoms in total. The van der Waals surface area contributed by atoms with Gasteiger partial charge in [-0.3, -0.25) is 4.79 Å². The summed E-state index contributed by atoms with van der Waals surface area (Å²) < 4.78 is 10.4. The van der Waals surface area contributed by atoms with E-state index in [2.05, 4.69) is 13.8 Å². The van der Waals surface area contributed by atoms with Gasteiger partial charge in [0.15, 0.2) is 0 Å². The lowest BCUT2D eigenvalue weighted by atomic mass is 10.0. The first-order valence-corrected chi connectivity index (χ1v) is 6.19. The van der Waals surface area contributed by atoms with Crippen molar-refractivity contribution in [3.63, 3.8) is 0 Å². The van der Waals surface area contributed by atoms with E-state index in [9.17, 15) is 4.79 Å². The van der Waals surface area contributed by atoms with Crippen molar-refractivity contribution in [1.29, 1.82) is 0 Å². The molecule has 0 aliphatic carbocycles. The van der Waals surface area contributed by atoms with Crippen molar-refractivity contribution < 1.29 is 14.3 Å². The topological polar surface area (TPSA) is 64.8 Å². The first-order valence-electron chi connectivity index (χ1n) is 6.19. The van der Waals surface area contributed by atoms with Gasteiger partial charge in [0.05, 0.1) is 25.9 Å². The lowest BCUT2D eigenvalue weighted by Gasteiger charge is -2.37. The minimum atomic E-state index is -0.562. The molecular formula is C12H24N2O3. The Labute approximate surface area is 103 Å². The van der Waals surface area contributed by atoms with Crippen molar-refractivity contribution in [3.05, 3.63) is 0 Å². The highest BCUT2D eigenvalue weighted by Gasteiger charge is 2.30. The van der Waals surface area contributed by atoms with Crippen molar-refractivity contribution in [3.8, 4) is 0 Å². The number of carbonyl (C=O) groups is 1. The minimum Gasteiger partial charge on any atom is -0.383 e. The Kier molecular flexibility index (Phi) is 5.88. The third kappa shape index (κ3) is 4.26. The largest absolute Gasteiger partial charge is 0.383 e. The average Bonchev–Trinajstić information content (AvgIpc) is 2.28. The molecule has 2 unspecified atom stereocenters. The zero-order valence-electron chi connectivity index (χ0n) is 11.0. The fraction of sp³-hybridized carbons (Fsp3) is 0.917. The van der Waals surface area contributed by atoms with Crippen molar-refractivity contribution in [2.45, 2.75) is 32.4 Å². The SMILES string of the molecule is COCC(N)C(=O)N1CCOCC1CC(C)C. The smallest absolute Gasteiger partial charge is 0.242 e. The van der Waals surface area contributed by atoms with Crippen LogP contribution in [0.25, 0.3) is 0 Å². The van der Waals surface area contributed by atoms with Crippen LogP contribution in [0, 0.1) is 5.92 Å². The van der Waals surface area contributed by atoms with E-state index < -0.39 is 6.04 Å². The molecule has 1 fully saturated rings. The van der Waals surface area contributed by atoms with E-state index in [1.807, 2.05) is 4.90 Å². The molecule has 2 N–H and O–H groups in total. The van der Waals surface area contributed by atoms with E-state index in [1.165, 1.54) is 0 Å². The third-order valence-corrected chi connectivity index (χ3v) is 2.92. The Morgan fingerprint density at radius 1 is 1.59 bits per heavy atom. The maximum absolute atomic E-state index is 12.1. The number of hydrogen-bond acceptors (Lipinski definition) is 4. The summed E-state index contributed by atoms with van der Waals surface area (Å²) in [5.74, 6) is 0.511. The number of methoxy groups -OCH3 is 1. The van der Waals surface area contributed by atoms with Gasteiger partial charge in [0.2, 0.25) is 5.91 Å². The second kappa shape index (κ2) is 6.93. The highest BCUT2D eigenvalue weighted by atomic mass is 16.5. The van der Waals surface area contributed by atoms with Gasteiger partial charge in [-0.1, -0.05) is 13.8 Å². The van der Waals surface area contributed by atoms with Crippen LogP contribution in [0.2, 0.25) is 0 Å². The molecule has 17 heavy (non-hydrogen) atoms. The summed E-state index contributed by atoms with van der Waals surface area (Å²) in [4.78, 5) is 14.0. The fourth-order valence-corrected chi connectivity index (χ4v) is 2.15. The maximum Gasteiger partial charge on any atom is 0.242 e. The molecule has 1 aliphatic heterocycles. The maximum atomic E-state index is 12.1. The van der Waals surface area contributed by atoms with Crippen LogP contribution in [-0.2, 0) is 14.3 Å². The highest BCUT2D eigenvalue weighted by Crippen LogP contribution is 2.16. The number of hydrogen-bond donors (Lipinski definition) is 1. The van der Waals surface area contributed by atoms with Crippen LogP contribution >= 0.6 is 0 Å². The number of morpholine rings is 1. The van der Waals surface area contributed by atoms with E-state index >= 15 is 0 Å². The Balaban J connectivity index is 2.60. The van der Waals surface area contributed by atoms with Crippen molar-refractivity contribution in [1.82, 2.24) is 4.90 Å². The van der Waals surface area contributed by atoms with Crippen molar-refractivity contribution in [2.75, 3.05) is 33.5 Å². The van der Waals surface area contributed by atoms with Gasteiger partial charge in [-0.2, -0.15) is 0 Å². The van der Waals surface area contributed by atoms with Gasteiger partial charge in [0, 0.05) is 13.7 Å². The lowest BCUT2D eigenvalue weighted by Crippen LogP contribution is -2.55. The summed E-state index contributed by atoms with van der Waals surface area (Å²) in [7, 11) is 1.55. The average molecular weight is 244 g/mol. The molecule has 1 amide bonds. The number of rotatable bonds is 5.